The predicted octanol–water partition coefficient (Wildman–Crippen LogP) is 3.37. The summed E-state index contributed by atoms with van der Waals surface area (Å²) in [6.45, 7) is 0.546. The summed E-state index contributed by atoms with van der Waals surface area (Å²) in [6.07, 6.45) is 8.17. The number of nitrogens with zero attached hydrogens (tertiary/aromatic N) is 1. The second-order valence-electron chi connectivity index (χ2n) is 5.87. The van der Waals surface area contributed by atoms with Crippen molar-refractivity contribution in [3.63, 3.8) is 0 Å². The predicted molar refractivity (Wildman–Crippen MR) is 90.9 cm³/mol. The van der Waals surface area contributed by atoms with E-state index in [0.717, 1.165) is 18.4 Å². The van der Waals surface area contributed by atoms with Crippen LogP contribution in [-0.2, 0) is 11.2 Å². The van der Waals surface area contributed by atoms with Crippen molar-refractivity contribution in [2.75, 3.05) is 11.9 Å². The molecule has 0 bridgehead atoms. The number of amides is 1. The third-order valence-corrected chi connectivity index (χ3v) is 3.95. The van der Waals surface area contributed by atoms with E-state index in [9.17, 15) is 4.79 Å². The van der Waals surface area contributed by atoms with Crippen molar-refractivity contribution in [1.82, 2.24) is 0 Å². The summed E-state index contributed by atoms with van der Waals surface area (Å²) in [7, 11) is 0. The number of hydrogen-bond acceptors (Lipinski definition) is 4. The van der Waals surface area contributed by atoms with Gasteiger partial charge in [-0.25, -0.2) is 9.79 Å². The topological polar surface area (TPSA) is 96.9 Å². The van der Waals surface area contributed by atoms with Gasteiger partial charge in [-0.3, -0.25) is 5.32 Å². The van der Waals surface area contributed by atoms with E-state index in [-0.39, 0.29) is 12.1 Å². The molecule has 4 N–H and O–H groups in total. The van der Waals surface area contributed by atoms with Crippen molar-refractivity contribution in [3.05, 3.63) is 29.8 Å². The van der Waals surface area contributed by atoms with Crippen LogP contribution in [-0.4, -0.2) is 29.9 Å². The van der Waals surface area contributed by atoms with Gasteiger partial charge in [0.1, 0.15) is 6.61 Å². The number of aryl methyl sites for hydroxylation is 1. The van der Waals surface area contributed by atoms with Crippen LogP contribution in [0.15, 0.2) is 29.3 Å². The van der Waals surface area contributed by atoms with Gasteiger partial charge in [-0.15, -0.1) is 0 Å². The average molecular weight is 319 g/mol. The lowest BCUT2D eigenvalue weighted by Gasteiger charge is -2.06. The number of amidine groups is 1. The van der Waals surface area contributed by atoms with E-state index in [1.165, 1.54) is 32.1 Å². The summed E-state index contributed by atoms with van der Waals surface area (Å²) in [4.78, 5) is 14.6. The molecule has 1 aromatic rings. The summed E-state index contributed by atoms with van der Waals surface area (Å²) < 4.78 is 5.07. The van der Waals surface area contributed by atoms with E-state index in [1.54, 1.807) is 12.1 Å². The lowest BCUT2D eigenvalue weighted by molar-refractivity contribution is 0.209. The highest BCUT2D eigenvalue weighted by Gasteiger charge is 2.16. The quantitative estimate of drug-likeness (QED) is 0.792. The number of nitrogens with one attached hydrogen (secondary N) is 1. The molecule has 6 nitrogen and oxygen atoms in total. The normalized spacial score (nSPS) is 19.3. The van der Waals surface area contributed by atoms with Gasteiger partial charge in [-0.2, -0.15) is 0 Å². The standard InChI is InChI=1S/C12H15N3O3.C5H10/c13-11-14-10(7-18-11)6-3-8-1-4-9(5-2-8)15-12(16)17;1-2-4-5-3-1/h1-2,4-5,10,15H,3,6-7H2,(H2,13,14)(H,16,17);1-5H2/t10-;/m0./s1. The average Bonchev–Trinajstić information content (AvgIpc) is 3.21. The molecule has 23 heavy (non-hydrogen) atoms. The van der Waals surface area contributed by atoms with Crippen molar-refractivity contribution in [3.8, 4) is 0 Å². The van der Waals surface area contributed by atoms with Crippen molar-refractivity contribution < 1.29 is 14.6 Å². The highest BCUT2D eigenvalue weighted by Crippen LogP contribution is 2.15. The lowest BCUT2D eigenvalue weighted by Crippen LogP contribution is -2.10. The first-order valence-corrected chi connectivity index (χ1v) is 8.18. The van der Waals surface area contributed by atoms with E-state index in [4.69, 9.17) is 15.6 Å². The van der Waals surface area contributed by atoms with Gasteiger partial charge in [0.2, 0.25) is 0 Å². The van der Waals surface area contributed by atoms with E-state index in [2.05, 4.69) is 10.3 Å². The Labute approximate surface area is 136 Å². The van der Waals surface area contributed by atoms with Gasteiger partial charge in [-0.1, -0.05) is 44.2 Å². The Balaban J connectivity index is 0.000000326. The number of hydrogen-bond donors (Lipinski definition) is 3. The van der Waals surface area contributed by atoms with Crippen LogP contribution in [0.5, 0.6) is 0 Å². The van der Waals surface area contributed by atoms with Gasteiger partial charge < -0.3 is 15.6 Å². The minimum absolute atomic E-state index is 0.127. The summed E-state index contributed by atoms with van der Waals surface area (Å²) in [6, 6.07) is 7.67. The van der Waals surface area contributed by atoms with Gasteiger partial charge in [0.05, 0.1) is 6.04 Å². The Morgan fingerprint density at radius 3 is 2.30 bits per heavy atom. The molecule has 1 aromatic carbocycles. The Hall–Kier alpha value is -2.24. The molecule has 6 heteroatoms. The van der Waals surface area contributed by atoms with E-state index in [1.807, 2.05) is 12.1 Å². The highest BCUT2D eigenvalue weighted by molar-refractivity contribution is 5.82. The van der Waals surface area contributed by atoms with Gasteiger partial charge in [-0.05, 0) is 30.5 Å². The van der Waals surface area contributed by atoms with Crippen molar-refractivity contribution >= 4 is 17.8 Å². The van der Waals surface area contributed by atoms with E-state index in [0.29, 0.717) is 12.3 Å². The number of aliphatic imine (C=N–C) groups is 1. The second-order valence-corrected chi connectivity index (χ2v) is 5.87. The number of benzene rings is 1. The molecular formula is C17H25N3O3. The summed E-state index contributed by atoms with van der Waals surface area (Å²) in [5, 5.41) is 10.8. The molecule has 126 valence electrons. The molecule has 2 aliphatic rings. The minimum atomic E-state index is -1.06. The van der Waals surface area contributed by atoms with E-state index < -0.39 is 6.09 Å². The molecule has 1 aliphatic heterocycles. The molecule has 3 rings (SSSR count). The second kappa shape index (κ2) is 9.02. The largest absolute Gasteiger partial charge is 0.465 e. The molecule has 0 spiro atoms. The molecule has 1 atom stereocenters. The van der Waals surface area contributed by atoms with Gasteiger partial charge >= 0.3 is 6.09 Å². The number of carbonyl (C=O) groups is 1. The number of anilines is 1. The van der Waals surface area contributed by atoms with Crippen LogP contribution in [0.25, 0.3) is 0 Å². The molecule has 0 aromatic heterocycles. The summed E-state index contributed by atoms with van der Waals surface area (Å²) >= 11 is 0. The molecule has 0 saturated heterocycles. The first kappa shape index (κ1) is 17.1. The van der Waals surface area contributed by atoms with Crippen LogP contribution in [0, 0.1) is 0 Å². The fourth-order valence-corrected chi connectivity index (χ4v) is 2.68. The monoisotopic (exact) mass is 319 g/mol. The zero-order chi connectivity index (χ0) is 16.5. The van der Waals surface area contributed by atoms with Crippen molar-refractivity contribution in [1.29, 1.82) is 0 Å². The molecule has 1 saturated carbocycles. The van der Waals surface area contributed by atoms with Gasteiger partial charge in [0.15, 0.2) is 0 Å². The van der Waals surface area contributed by atoms with Crippen LogP contribution in [0.4, 0.5) is 10.5 Å². The Kier molecular flexibility index (Phi) is 6.72. The summed E-state index contributed by atoms with van der Waals surface area (Å²) in [5.41, 5.74) is 7.12. The van der Waals surface area contributed by atoms with Crippen LogP contribution in [0.2, 0.25) is 0 Å². The maximum atomic E-state index is 10.4. The maximum absolute atomic E-state index is 10.4. The fraction of sp³-hybridized carbons (Fsp3) is 0.529. The summed E-state index contributed by atoms with van der Waals surface area (Å²) in [5.74, 6) is 0. The molecule has 0 unspecified atom stereocenters. The van der Waals surface area contributed by atoms with Gasteiger partial charge in [0.25, 0.3) is 6.02 Å². The third-order valence-electron chi connectivity index (χ3n) is 3.95. The Bertz CT molecular complexity index is 517. The number of ether oxygens (including phenoxy) is 1. The fourth-order valence-electron chi connectivity index (χ4n) is 2.68. The molecule has 1 aliphatic carbocycles. The van der Waals surface area contributed by atoms with Crippen LogP contribution >= 0.6 is 0 Å². The van der Waals surface area contributed by atoms with E-state index >= 15 is 0 Å². The number of rotatable bonds is 4. The van der Waals surface area contributed by atoms with Crippen molar-refractivity contribution in [2.45, 2.75) is 51.0 Å². The first-order valence-electron chi connectivity index (χ1n) is 8.18. The molecule has 1 fully saturated rings. The zero-order valence-corrected chi connectivity index (χ0v) is 13.3. The van der Waals surface area contributed by atoms with Gasteiger partial charge in [0, 0.05) is 5.69 Å². The van der Waals surface area contributed by atoms with Crippen molar-refractivity contribution in [2.24, 2.45) is 10.7 Å². The smallest absolute Gasteiger partial charge is 0.409 e. The van der Waals surface area contributed by atoms with Crippen LogP contribution in [0.3, 0.4) is 0 Å². The first-order chi connectivity index (χ1) is 11.1. The molecular weight excluding hydrogens is 294 g/mol. The Morgan fingerprint density at radius 1 is 1.22 bits per heavy atom. The molecule has 0 radical (unpaired) electrons. The van der Waals surface area contributed by atoms with Crippen LogP contribution < -0.4 is 11.1 Å². The Morgan fingerprint density at radius 2 is 1.83 bits per heavy atom. The lowest BCUT2D eigenvalue weighted by atomic mass is 10.1. The maximum Gasteiger partial charge on any atom is 0.409 e. The zero-order valence-electron chi connectivity index (χ0n) is 13.3. The molecule has 1 heterocycles. The number of carboxylic acid groups (broad SMARTS) is 1. The number of nitrogens with two attached hydrogens (primary N) is 1. The minimum Gasteiger partial charge on any atom is -0.465 e. The van der Waals surface area contributed by atoms with Crippen LogP contribution in [0.1, 0.15) is 44.1 Å². The SMILES string of the molecule is C1CCCC1.NC1=N[C@@H](CCc2ccc(NC(=O)O)cc2)CO1. The molecule has 1 amide bonds. The third kappa shape index (κ3) is 6.59. The highest BCUT2D eigenvalue weighted by atomic mass is 16.5.